The van der Waals surface area contributed by atoms with Crippen LogP contribution in [0.5, 0.6) is 5.75 Å². The Bertz CT molecular complexity index is 940. The van der Waals surface area contributed by atoms with Crippen LogP contribution < -0.4 is 10.1 Å². The minimum atomic E-state index is -0.201. The van der Waals surface area contributed by atoms with Crippen molar-refractivity contribution in [3.63, 3.8) is 0 Å². The molecular weight excluding hydrogens is 324 g/mol. The molecule has 4 rings (SSSR count). The zero-order valence-electron chi connectivity index (χ0n) is 15.5. The topological polar surface area (TPSA) is 43.3 Å². The number of carbonyl (C=O) groups is 1. The molecule has 1 N–H and O–H groups in total. The molecule has 1 atom stereocenters. The van der Waals surface area contributed by atoms with Crippen LogP contribution in [-0.2, 0) is 4.79 Å². The van der Waals surface area contributed by atoms with E-state index >= 15 is 0 Å². The van der Waals surface area contributed by atoms with Crippen molar-refractivity contribution >= 4 is 27.7 Å². The third-order valence-electron chi connectivity index (χ3n) is 5.36. The van der Waals surface area contributed by atoms with Crippen molar-refractivity contribution in [2.24, 2.45) is 5.92 Å². The fraction of sp³-hybridized carbons (Fsp3) is 0.409. The Morgan fingerprint density at radius 2 is 1.96 bits per heavy atom. The summed E-state index contributed by atoms with van der Waals surface area (Å²) in [6.45, 7) is 2.94. The van der Waals surface area contributed by atoms with Crippen molar-refractivity contribution < 1.29 is 9.53 Å². The zero-order chi connectivity index (χ0) is 18.1. The molecule has 0 radical (unpaired) electrons. The average molecular weight is 350 g/mol. The van der Waals surface area contributed by atoms with E-state index in [0.717, 1.165) is 41.6 Å². The minimum absolute atomic E-state index is 0.129. The van der Waals surface area contributed by atoms with Crippen molar-refractivity contribution in [1.82, 2.24) is 9.88 Å². The van der Waals surface area contributed by atoms with Gasteiger partial charge in [-0.1, -0.05) is 31.5 Å². The Kier molecular flexibility index (Phi) is 4.58. The predicted octanol–water partition coefficient (Wildman–Crippen LogP) is 4.67. The van der Waals surface area contributed by atoms with E-state index in [9.17, 15) is 4.79 Å². The summed E-state index contributed by atoms with van der Waals surface area (Å²) in [5, 5.41) is 5.53. The molecule has 1 amide bonds. The van der Waals surface area contributed by atoms with Crippen molar-refractivity contribution in [2.75, 3.05) is 13.7 Å². The first kappa shape index (κ1) is 17.0. The van der Waals surface area contributed by atoms with Gasteiger partial charge in [0.25, 0.3) is 0 Å². The van der Waals surface area contributed by atoms with Gasteiger partial charge in [-0.05, 0) is 43.4 Å². The molecule has 1 unspecified atom stereocenters. The number of carbonyl (C=O) groups excluding carboxylic acids is 1. The van der Waals surface area contributed by atoms with Crippen LogP contribution in [0.4, 0.5) is 0 Å². The molecule has 1 saturated carbocycles. The molecule has 1 fully saturated rings. The molecule has 1 aliphatic carbocycles. The van der Waals surface area contributed by atoms with Crippen molar-refractivity contribution in [1.29, 1.82) is 0 Å². The van der Waals surface area contributed by atoms with Crippen molar-refractivity contribution in [3.05, 3.63) is 42.5 Å². The summed E-state index contributed by atoms with van der Waals surface area (Å²) in [7, 11) is 1.68. The lowest BCUT2D eigenvalue weighted by molar-refractivity contribution is -0.124. The van der Waals surface area contributed by atoms with Gasteiger partial charge in [-0.25, -0.2) is 0 Å². The summed E-state index contributed by atoms with van der Waals surface area (Å²) < 4.78 is 7.65. The number of amides is 1. The first-order chi connectivity index (χ1) is 12.7. The summed E-state index contributed by atoms with van der Waals surface area (Å²) in [6, 6.07) is 14.3. The highest BCUT2D eigenvalue weighted by Crippen LogP contribution is 2.35. The van der Waals surface area contributed by atoms with E-state index in [4.69, 9.17) is 4.74 Å². The van der Waals surface area contributed by atoms with E-state index in [2.05, 4.69) is 41.1 Å². The van der Waals surface area contributed by atoms with Gasteiger partial charge >= 0.3 is 0 Å². The van der Waals surface area contributed by atoms with E-state index < -0.39 is 0 Å². The Labute approximate surface area is 154 Å². The number of aromatic nitrogens is 1. The number of nitrogens with zero attached hydrogens (tertiary/aromatic N) is 1. The molecule has 3 aromatic rings. The second-order valence-electron chi connectivity index (χ2n) is 7.26. The number of methoxy groups -OCH3 is 1. The Morgan fingerprint density at radius 1 is 1.19 bits per heavy atom. The smallest absolute Gasteiger partial charge is 0.243 e. The van der Waals surface area contributed by atoms with Crippen LogP contribution in [-0.4, -0.2) is 24.1 Å². The number of rotatable bonds is 7. The molecule has 0 spiro atoms. The molecule has 1 aliphatic rings. The standard InChI is InChI=1S/C22H26N2O2/c1-3-6-20(22(25)23-14-15-9-10-15)24-19-8-5-4-7-17(19)18-12-11-16(26-2)13-21(18)24/h4-5,7-8,11-13,15,20H,3,6,9-10,14H2,1-2H3,(H,23,25). The number of hydrogen-bond donors (Lipinski definition) is 1. The molecule has 4 nitrogen and oxygen atoms in total. The van der Waals surface area contributed by atoms with Crippen LogP contribution >= 0.6 is 0 Å². The number of nitrogens with one attached hydrogen (secondary N) is 1. The highest BCUT2D eigenvalue weighted by atomic mass is 16.5. The van der Waals surface area contributed by atoms with Crippen LogP contribution in [0, 0.1) is 5.92 Å². The van der Waals surface area contributed by atoms with Gasteiger partial charge in [0.1, 0.15) is 11.8 Å². The van der Waals surface area contributed by atoms with Crippen LogP contribution in [0.25, 0.3) is 21.8 Å². The molecule has 0 aliphatic heterocycles. The molecule has 0 bridgehead atoms. The lowest BCUT2D eigenvalue weighted by Gasteiger charge is -2.20. The lowest BCUT2D eigenvalue weighted by Crippen LogP contribution is -2.33. The van der Waals surface area contributed by atoms with Crippen LogP contribution in [0.2, 0.25) is 0 Å². The normalized spacial score (nSPS) is 15.3. The van der Waals surface area contributed by atoms with E-state index in [1.165, 1.54) is 18.2 Å². The van der Waals surface area contributed by atoms with Gasteiger partial charge in [0.05, 0.1) is 12.6 Å². The number of benzene rings is 2. The Hall–Kier alpha value is -2.49. The minimum Gasteiger partial charge on any atom is -0.497 e. The van der Waals surface area contributed by atoms with Gasteiger partial charge in [-0.2, -0.15) is 0 Å². The van der Waals surface area contributed by atoms with Gasteiger partial charge in [-0.3, -0.25) is 4.79 Å². The highest BCUT2D eigenvalue weighted by molar-refractivity contribution is 6.09. The van der Waals surface area contributed by atoms with Crippen LogP contribution in [0.15, 0.2) is 42.5 Å². The second-order valence-corrected chi connectivity index (χ2v) is 7.26. The van der Waals surface area contributed by atoms with E-state index in [-0.39, 0.29) is 11.9 Å². The molecule has 0 saturated heterocycles. The largest absolute Gasteiger partial charge is 0.497 e. The first-order valence-electron chi connectivity index (χ1n) is 9.57. The van der Waals surface area contributed by atoms with Crippen molar-refractivity contribution in [3.8, 4) is 5.75 Å². The fourth-order valence-electron chi connectivity index (χ4n) is 3.78. The van der Waals surface area contributed by atoms with Crippen molar-refractivity contribution in [2.45, 2.75) is 38.6 Å². The average Bonchev–Trinajstić information content (AvgIpc) is 3.45. The maximum Gasteiger partial charge on any atom is 0.243 e. The molecule has 26 heavy (non-hydrogen) atoms. The highest BCUT2D eigenvalue weighted by Gasteiger charge is 2.27. The molecule has 136 valence electrons. The van der Waals surface area contributed by atoms with E-state index in [1.54, 1.807) is 7.11 Å². The molecule has 2 aromatic carbocycles. The number of para-hydroxylation sites is 1. The van der Waals surface area contributed by atoms with Gasteiger partial charge in [0, 0.05) is 28.9 Å². The lowest BCUT2D eigenvalue weighted by atomic mass is 10.1. The maximum atomic E-state index is 13.0. The Morgan fingerprint density at radius 3 is 2.69 bits per heavy atom. The van der Waals surface area contributed by atoms with Gasteiger partial charge in [0.15, 0.2) is 0 Å². The third kappa shape index (κ3) is 3.05. The molecule has 4 heteroatoms. The Balaban J connectivity index is 1.85. The fourth-order valence-corrected chi connectivity index (χ4v) is 3.78. The first-order valence-corrected chi connectivity index (χ1v) is 9.57. The summed E-state index contributed by atoms with van der Waals surface area (Å²) in [5.41, 5.74) is 2.17. The third-order valence-corrected chi connectivity index (χ3v) is 5.36. The SMILES string of the molecule is CCCC(C(=O)NCC1CC1)n1c2ccccc2c2ccc(OC)cc21. The monoisotopic (exact) mass is 350 g/mol. The molecule has 1 heterocycles. The predicted molar refractivity (Wildman–Crippen MR) is 106 cm³/mol. The number of ether oxygens (including phenoxy) is 1. The second kappa shape index (κ2) is 7.02. The van der Waals surface area contributed by atoms with E-state index in [0.29, 0.717) is 5.92 Å². The quantitative estimate of drug-likeness (QED) is 0.673. The molecule has 1 aromatic heterocycles. The van der Waals surface area contributed by atoms with Gasteiger partial charge < -0.3 is 14.6 Å². The van der Waals surface area contributed by atoms with Gasteiger partial charge in [-0.15, -0.1) is 0 Å². The zero-order valence-corrected chi connectivity index (χ0v) is 15.5. The van der Waals surface area contributed by atoms with Crippen LogP contribution in [0.1, 0.15) is 38.6 Å². The maximum absolute atomic E-state index is 13.0. The summed E-state index contributed by atoms with van der Waals surface area (Å²) in [6.07, 6.45) is 4.26. The number of hydrogen-bond acceptors (Lipinski definition) is 2. The van der Waals surface area contributed by atoms with E-state index in [1.807, 2.05) is 18.2 Å². The summed E-state index contributed by atoms with van der Waals surface area (Å²) in [4.78, 5) is 13.0. The molecular formula is C22H26N2O2. The number of fused-ring (bicyclic) bond motifs is 3. The summed E-state index contributed by atoms with van der Waals surface area (Å²) >= 11 is 0. The van der Waals surface area contributed by atoms with Gasteiger partial charge in [0.2, 0.25) is 5.91 Å². The summed E-state index contributed by atoms with van der Waals surface area (Å²) in [5.74, 6) is 1.62. The van der Waals surface area contributed by atoms with Crippen LogP contribution in [0.3, 0.4) is 0 Å².